The van der Waals surface area contributed by atoms with E-state index < -0.39 is 6.04 Å². The third kappa shape index (κ3) is 3.04. The Morgan fingerprint density at radius 1 is 1.12 bits per heavy atom. The van der Waals surface area contributed by atoms with Crippen LogP contribution in [0.4, 0.5) is 0 Å². The Balaban J connectivity index is 1.63. The first-order valence-electron chi connectivity index (χ1n) is 8.84. The van der Waals surface area contributed by atoms with Crippen LogP contribution in [0.25, 0.3) is 0 Å². The van der Waals surface area contributed by atoms with Crippen molar-refractivity contribution in [2.45, 2.75) is 37.9 Å². The lowest BCUT2D eigenvalue weighted by Gasteiger charge is -2.31. The zero-order valence-electron chi connectivity index (χ0n) is 14.4. The summed E-state index contributed by atoms with van der Waals surface area (Å²) in [5.74, 6) is 0.0154. The number of hydrogen-bond donors (Lipinski definition) is 0. The molecule has 0 aromatic heterocycles. The van der Waals surface area contributed by atoms with E-state index >= 15 is 0 Å². The summed E-state index contributed by atoms with van der Waals surface area (Å²) < 4.78 is 0. The Bertz CT molecular complexity index is 799. The van der Waals surface area contributed by atoms with Gasteiger partial charge in [-0.1, -0.05) is 48.5 Å². The van der Waals surface area contributed by atoms with Gasteiger partial charge in [-0.05, 0) is 30.0 Å². The van der Waals surface area contributed by atoms with Crippen molar-refractivity contribution >= 4 is 11.8 Å². The molecule has 1 aliphatic carbocycles. The van der Waals surface area contributed by atoms with Crippen LogP contribution >= 0.6 is 0 Å². The van der Waals surface area contributed by atoms with Crippen LogP contribution in [-0.2, 0) is 17.8 Å². The summed E-state index contributed by atoms with van der Waals surface area (Å²) in [6.45, 7) is 0.511. The normalized spacial score (nSPS) is 17.3. The van der Waals surface area contributed by atoms with Crippen molar-refractivity contribution in [3.63, 3.8) is 0 Å². The summed E-state index contributed by atoms with van der Waals surface area (Å²) in [7, 11) is 1.87. The number of carbonyl (C=O) groups excluding carboxylic acids is 2. The molecule has 4 nitrogen and oxygen atoms in total. The number of hydrogen-bond acceptors (Lipinski definition) is 2. The first-order chi connectivity index (χ1) is 12.1. The van der Waals surface area contributed by atoms with Crippen LogP contribution in [0.5, 0.6) is 0 Å². The van der Waals surface area contributed by atoms with E-state index in [0.29, 0.717) is 19.0 Å². The predicted octanol–water partition coefficient (Wildman–Crippen LogP) is 2.87. The molecule has 1 heterocycles. The maximum absolute atomic E-state index is 13.1. The molecule has 0 bridgehead atoms. The van der Waals surface area contributed by atoms with Gasteiger partial charge >= 0.3 is 0 Å². The van der Waals surface area contributed by atoms with E-state index in [9.17, 15) is 9.59 Å². The van der Waals surface area contributed by atoms with E-state index in [0.717, 1.165) is 29.5 Å². The lowest BCUT2D eigenvalue weighted by Crippen LogP contribution is -2.49. The van der Waals surface area contributed by atoms with Crippen LogP contribution < -0.4 is 0 Å². The Hall–Kier alpha value is -2.62. The molecular formula is C21H22N2O2. The number of carbonyl (C=O) groups is 2. The molecule has 2 aromatic rings. The standard InChI is InChI=1S/C21H22N2O2/c1-22(17-11-12-17)21(25)19(13-15-7-3-2-4-8-15)23-14-16-9-5-6-10-18(16)20(23)24/h2-10,17,19H,11-14H2,1H3/t19-/m1/s1. The van der Waals surface area contributed by atoms with Gasteiger partial charge < -0.3 is 9.80 Å². The average molecular weight is 334 g/mol. The van der Waals surface area contributed by atoms with Gasteiger partial charge in [0.25, 0.3) is 5.91 Å². The molecule has 0 unspecified atom stereocenters. The van der Waals surface area contributed by atoms with Gasteiger partial charge in [0.15, 0.2) is 0 Å². The summed E-state index contributed by atoms with van der Waals surface area (Å²) in [4.78, 5) is 29.6. The first kappa shape index (κ1) is 15.9. The average Bonchev–Trinajstić information content (AvgIpc) is 3.44. The van der Waals surface area contributed by atoms with Crippen LogP contribution in [0.1, 0.15) is 34.3 Å². The second kappa shape index (κ2) is 6.36. The number of likely N-dealkylation sites (N-methyl/N-ethyl adjacent to an activating group) is 1. The third-order valence-electron chi connectivity index (χ3n) is 5.22. The number of rotatable bonds is 5. The highest BCUT2D eigenvalue weighted by molar-refractivity contribution is 6.01. The van der Waals surface area contributed by atoms with Crippen LogP contribution in [0.2, 0.25) is 0 Å². The van der Waals surface area contributed by atoms with Crippen molar-refractivity contribution in [3.8, 4) is 0 Å². The highest BCUT2D eigenvalue weighted by Gasteiger charge is 2.40. The summed E-state index contributed by atoms with van der Waals surface area (Å²) in [5.41, 5.74) is 2.81. The maximum Gasteiger partial charge on any atom is 0.255 e. The van der Waals surface area contributed by atoms with Gasteiger partial charge in [0.1, 0.15) is 6.04 Å². The molecule has 0 saturated heterocycles. The zero-order chi connectivity index (χ0) is 17.4. The molecule has 2 amide bonds. The molecule has 1 saturated carbocycles. The number of amides is 2. The monoisotopic (exact) mass is 334 g/mol. The van der Waals surface area contributed by atoms with Gasteiger partial charge in [-0.25, -0.2) is 0 Å². The fourth-order valence-corrected chi connectivity index (χ4v) is 3.57. The van der Waals surface area contributed by atoms with Gasteiger partial charge in [-0.3, -0.25) is 9.59 Å². The molecule has 1 fully saturated rings. The minimum absolute atomic E-state index is 0.0333. The van der Waals surface area contributed by atoms with E-state index in [-0.39, 0.29) is 11.8 Å². The van der Waals surface area contributed by atoms with Crippen LogP contribution in [-0.4, -0.2) is 40.7 Å². The van der Waals surface area contributed by atoms with Crippen LogP contribution in [0.3, 0.4) is 0 Å². The molecule has 0 N–H and O–H groups in total. The highest BCUT2D eigenvalue weighted by atomic mass is 16.2. The van der Waals surface area contributed by atoms with E-state index in [1.54, 1.807) is 4.90 Å². The second-order valence-corrected chi connectivity index (χ2v) is 6.98. The minimum atomic E-state index is -0.451. The molecule has 1 aliphatic heterocycles. The van der Waals surface area contributed by atoms with E-state index in [1.807, 2.05) is 66.5 Å². The second-order valence-electron chi connectivity index (χ2n) is 6.98. The molecule has 25 heavy (non-hydrogen) atoms. The molecule has 1 atom stereocenters. The predicted molar refractivity (Wildman–Crippen MR) is 96.0 cm³/mol. The fourth-order valence-electron chi connectivity index (χ4n) is 3.57. The smallest absolute Gasteiger partial charge is 0.255 e. The van der Waals surface area contributed by atoms with Crippen molar-refractivity contribution in [3.05, 3.63) is 71.3 Å². The largest absolute Gasteiger partial charge is 0.341 e. The minimum Gasteiger partial charge on any atom is -0.341 e. The summed E-state index contributed by atoms with van der Waals surface area (Å²) >= 11 is 0. The molecular weight excluding hydrogens is 312 g/mol. The Labute approximate surface area is 148 Å². The molecule has 2 aromatic carbocycles. The van der Waals surface area contributed by atoms with E-state index in [4.69, 9.17) is 0 Å². The highest BCUT2D eigenvalue weighted by Crippen LogP contribution is 2.30. The van der Waals surface area contributed by atoms with Gasteiger partial charge in [0.05, 0.1) is 0 Å². The van der Waals surface area contributed by atoms with Gasteiger partial charge in [-0.15, -0.1) is 0 Å². The van der Waals surface area contributed by atoms with Gasteiger partial charge in [0.2, 0.25) is 5.91 Å². The molecule has 128 valence electrons. The Morgan fingerprint density at radius 2 is 1.80 bits per heavy atom. The van der Waals surface area contributed by atoms with Crippen molar-refractivity contribution < 1.29 is 9.59 Å². The quantitative estimate of drug-likeness (QED) is 0.844. The molecule has 4 rings (SSSR count). The van der Waals surface area contributed by atoms with Crippen LogP contribution in [0.15, 0.2) is 54.6 Å². The summed E-state index contributed by atoms with van der Waals surface area (Å²) in [5, 5.41) is 0. The third-order valence-corrected chi connectivity index (χ3v) is 5.22. The van der Waals surface area contributed by atoms with Crippen molar-refractivity contribution in [1.82, 2.24) is 9.80 Å². The summed E-state index contributed by atoms with van der Waals surface area (Å²) in [6.07, 6.45) is 2.68. The molecule has 0 spiro atoms. The van der Waals surface area contributed by atoms with E-state index in [2.05, 4.69) is 0 Å². The lowest BCUT2D eigenvalue weighted by atomic mass is 10.0. The number of fused-ring (bicyclic) bond motifs is 1. The summed E-state index contributed by atoms with van der Waals surface area (Å²) in [6, 6.07) is 17.5. The lowest BCUT2D eigenvalue weighted by molar-refractivity contribution is -0.135. The Kier molecular flexibility index (Phi) is 4.04. The molecule has 2 aliphatic rings. The fraction of sp³-hybridized carbons (Fsp3) is 0.333. The van der Waals surface area contributed by atoms with Crippen molar-refractivity contribution in [2.75, 3.05) is 7.05 Å². The van der Waals surface area contributed by atoms with Crippen molar-refractivity contribution in [2.24, 2.45) is 0 Å². The van der Waals surface area contributed by atoms with Crippen LogP contribution in [0, 0.1) is 0 Å². The first-order valence-corrected chi connectivity index (χ1v) is 8.84. The van der Waals surface area contributed by atoms with Crippen molar-refractivity contribution in [1.29, 1.82) is 0 Å². The molecule has 0 radical (unpaired) electrons. The number of benzene rings is 2. The van der Waals surface area contributed by atoms with Gasteiger partial charge in [0, 0.05) is 31.6 Å². The molecule has 4 heteroatoms. The van der Waals surface area contributed by atoms with E-state index in [1.165, 1.54) is 0 Å². The van der Waals surface area contributed by atoms with Gasteiger partial charge in [-0.2, -0.15) is 0 Å². The Morgan fingerprint density at radius 3 is 2.48 bits per heavy atom. The maximum atomic E-state index is 13.1. The SMILES string of the molecule is CN(C(=O)[C@@H](Cc1ccccc1)N1Cc2ccccc2C1=O)C1CC1. The number of nitrogens with zero attached hydrogens (tertiary/aromatic N) is 2. The zero-order valence-corrected chi connectivity index (χ0v) is 14.4. The topological polar surface area (TPSA) is 40.6 Å².